The van der Waals surface area contributed by atoms with Crippen LogP contribution in [0.1, 0.15) is 94.6 Å². The Morgan fingerprint density at radius 3 is 2.57 bits per heavy atom. The van der Waals surface area contributed by atoms with E-state index in [1.165, 1.54) is 5.01 Å². The summed E-state index contributed by atoms with van der Waals surface area (Å²) in [7, 11) is 0. The SMILES string of the molecule is CC(=O)N1CCc2c(c(N3CCCc4cc(-c5cn(C/C(N)=C/N(N)C6CN(c7cccc8c7C(=O)N(C7CCC(=O)NC7=O)C8=O)C6)c6ccncc56)c(C(F)F)cc43)nn2C2CCOCC2)C1. The standard InChI is InChI=1S/C49H52F2N12O6/c1-27(64)57-15-10-39-37(26-57)46(56-63(39)30-11-16-69-17-12-30)60-14-3-4-28-18-33(34(45(50)51)19-42(28)60)36-25-58(38-9-13-54-20-35(36)38)21-29(52)22-61(53)31-23-59(24-31)40-6-2-5-32-44(40)49(68)62(48(32)67)41-7-8-43(65)55-47(41)66/h2,5-6,9,13,18-20,22,25,30-31,41,45H,3-4,7-8,10-12,14-17,21,23-24,26,52-53H2,1H3,(H,55,65,66)/b29-22-. The lowest BCUT2D eigenvalue weighted by molar-refractivity contribution is -0.136. The Balaban J connectivity index is 0.842. The van der Waals surface area contributed by atoms with E-state index in [1.807, 2.05) is 32.7 Å². The van der Waals surface area contributed by atoms with Gasteiger partial charge in [0.2, 0.25) is 17.7 Å². The zero-order chi connectivity index (χ0) is 47.8. The number of benzene rings is 2. The fourth-order valence-electron chi connectivity index (χ4n) is 11.0. The van der Waals surface area contributed by atoms with Gasteiger partial charge in [-0.25, -0.2) is 14.6 Å². The number of ether oxygens (including phenoxy) is 1. The molecule has 0 radical (unpaired) electrons. The number of piperidine rings is 1. The summed E-state index contributed by atoms with van der Waals surface area (Å²) in [6, 6.07) is 9.21. The molecule has 5 N–H and O–H groups in total. The van der Waals surface area contributed by atoms with Crippen LogP contribution in [0.2, 0.25) is 0 Å². The molecule has 0 aliphatic carbocycles. The first-order chi connectivity index (χ1) is 33.3. The fraction of sp³-hybridized carbons (Fsp3) is 0.408. The zero-order valence-corrected chi connectivity index (χ0v) is 38.1. The lowest BCUT2D eigenvalue weighted by Gasteiger charge is -2.45. The third-order valence-electron chi connectivity index (χ3n) is 14.6. The number of hydrogen-bond acceptors (Lipinski definition) is 13. The highest BCUT2D eigenvalue weighted by Gasteiger charge is 2.47. The normalized spacial score (nSPS) is 20.1. The van der Waals surface area contributed by atoms with Crippen molar-refractivity contribution < 1.29 is 37.5 Å². The molecule has 1 atom stereocenters. The lowest BCUT2D eigenvalue weighted by Crippen LogP contribution is -2.60. The third kappa shape index (κ3) is 7.65. The molecule has 69 heavy (non-hydrogen) atoms. The van der Waals surface area contributed by atoms with Crippen LogP contribution in [0.5, 0.6) is 0 Å². The van der Waals surface area contributed by atoms with Crippen LogP contribution in [0.3, 0.4) is 0 Å². The maximum Gasteiger partial charge on any atom is 0.264 e. The van der Waals surface area contributed by atoms with E-state index in [2.05, 4.69) is 19.9 Å². The van der Waals surface area contributed by atoms with E-state index in [0.29, 0.717) is 92.4 Å². The van der Waals surface area contributed by atoms with Crippen LogP contribution in [0.4, 0.5) is 26.0 Å². The van der Waals surface area contributed by atoms with E-state index in [4.69, 9.17) is 21.4 Å². The Morgan fingerprint density at radius 1 is 0.986 bits per heavy atom. The average molecular weight is 943 g/mol. The number of amides is 5. The first kappa shape index (κ1) is 44.3. The molecule has 20 heteroatoms. The average Bonchev–Trinajstić information content (AvgIpc) is 3.97. The summed E-state index contributed by atoms with van der Waals surface area (Å²) in [4.78, 5) is 75.3. The van der Waals surface area contributed by atoms with E-state index < -0.39 is 36.1 Å². The predicted octanol–water partition coefficient (Wildman–Crippen LogP) is 4.44. The maximum atomic E-state index is 15.5. The summed E-state index contributed by atoms with van der Waals surface area (Å²) >= 11 is 0. The number of rotatable bonds is 10. The minimum atomic E-state index is -2.80. The number of nitrogens with two attached hydrogens (primary N) is 2. The molecule has 5 amide bonds. The molecule has 0 saturated carbocycles. The summed E-state index contributed by atoms with van der Waals surface area (Å²) in [6.07, 6.45) is 7.88. The molecule has 3 fully saturated rings. The summed E-state index contributed by atoms with van der Waals surface area (Å²) < 4.78 is 40.7. The fourth-order valence-corrected chi connectivity index (χ4v) is 11.0. The van der Waals surface area contributed by atoms with Crippen molar-refractivity contribution in [3.63, 3.8) is 0 Å². The molecule has 1 unspecified atom stereocenters. The third-order valence-corrected chi connectivity index (χ3v) is 14.6. The number of fused-ring (bicyclic) bond motifs is 4. The van der Waals surface area contributed by atoms with Crippen molar-refractivity contribution in [1.82, 2.24) is 39.5 Å². The van der Waals surface area contributed by atoms with E-state index in [9.17, 15) is 24.0 Å². The number of imide groups is 2. The molecule has 9 heterocycles. The molecule has 6 aliphatic rings. The van der Waals surface area contributed by atoms with Crippen LogP contribution in [-0.2, 0) is 45.1 Å². The number of alkyl halides is 2. The first-order valence-corrected chi connectivity index (χ1v) is 23.5. The maximum absolute atomic E-state index is 15.5. The molecule has 18 nitrogen and oxygen atoms in total. The van der Waals surface area contributed by atoms with Crippen molar-refractivity contribution in [1.29, 1.82) is 0 Å². The number of nitrogens with one attached hydrogen (secondary N) is 1. The van der Waals surface area contributed by atoms with Crippen LogP contribution in [0, 0.1) is 0 Å². The molecule has 2 aromatic carbocycles. The quantitative estimate of drug-likeness (QED) is 0.101. The number of pyridine rings is 1. The van der Waals surface area contributed by atoms with Gasteiger partial charge in [-0.05, 0) is 73.6 Å². The van der Waals surface area contributed by atoms with Gasteiger partial charge >= 0.3 is 0 Å². The van der Waals surface area contributed by atoms with Crippen LogP contribution in [0.15, 0.2) is 66.9 Å². The van der Waals surface area contributed by atoms with Crippen molar-refractivity contribution in [3.05, 3.63) is 100 Å². The van der Waals surface area contributed by atoms with Crippen LogP contribution in [-0.4, -0.2) is 115 Å². The number of anilines is 3. The highest BCUT2D eigenvalue weighted by Crippen LogP contribution is 2.45. The first-order valence-electron chi connectivity index (χ1n) is 23.5. The van der Waals surface area contributed by atoms with Gasteiger partial charge in [-0.3, -0.25) is 43.9 Å². The van der Waals surface area contributed by atoms with Gasteiger partial charge < -0.3 is 34.7 Å². The molecule has 0 spiro atoms. The summed E-state index contributed by atoms with van der Waals surface area (Å²) in [5.41, 5.74) is 13.3. The molecule has 358 valence electrons. The number of aryl methyl sites for hydroxylation is 1. The molecular weight excluding hydrogens is 891 g/mol. The van der Waals surface area contributed by atoms with Gasteiger partial charge in [-0.2, -0.15) is 5.10 Å². The largest absolute Gasteiger partial charge is 0.399 e. The molecule has 11 rings (SSSR count). The number of aromatic nitrogens is 4. The molecule has 6 aliphatic heterocycles. The number of hydrogen-bond donors (Lipinski definition) is 3. The van der Waals surface area contributed by atoms with Crippen molar-refractivity contribution in [2.45, 2.75) is 89.5 Å². The second-order valence-corrected chi connectivity index (χ2v) is 18.8. The van der Waals surface area contributed by atoms with Crippen molar-refractivity contribution in [2.24, 2.45) is 11.6 Å². The van der Waals surface area contributed by atoms with Crippen molar-refractivity contribution in [2.75, 3.05) is 49.2 Å². The Labute approximate surface area is 395 Å². The van der Waals surface area contributed by atoms with E-state index in [0.717, 1.165) is 52.3 Å². The molecular formula is C49H52F2N12O6. The second-order valence-electron chi connectivity index (χ2n) is 18.8. The highest BCUT2D eigenvalue weighted by molar-refractivity contribution is 6.25. The van der Waals surface area contributed by atoms with Gasteiger partial charge in [0.05, 0.1) is 47.5 Å². The minimum Gasteiger partial charge on any atom is -0.399 e. The van der Waals surface area contributed by atoms with Gasteiger partial charge in [0.1, 0.15) is 6.04 Å². The van der Waals surface area contributed by atoms with Gasteiger partial charge in [-0.1, -0.05) is 6.07 Å². The number of hydrazine groups is 1. The van der Waals surface area contributed by atoms with E-state index in [-0.39, 0.29) is 54.1 Å². The Bertz CT molecular complexity index is 2990. The number of halogens is 2. The van der Waals surface area contributed by atoms with E-state index >= 15 is 8.78 Å². The lowest BCUT2D eigenvalue weighted by atomic mass is 9.91. The smallest absolute Gasteiger partial charge is 0.264 e. The molecule has 3 saturated heterocycles. The number of carbonyl (C=O) groups excluding carboxylic acids is 5. The van der Waals surface area contributed by atoms with Gasteiger partial charge in [0.25, 0.3) is 18.2 Å². The van der Waals surface area contributed by atoms with E-state index in [1.54, 1.807) is 49.8 Å². The monoisotopic (exact) mass is 942 g/mol. The van der Waals surface area contributed by atoms with Gasteiger partial charge in [0, 0.05) is 123 Å². The molecule has 3 aromatic heterocycles. The van der Waals surface area contributed by atoms with Crippen LogP contribution in [0.25, 0.3) is 22.0 Å². The number of allylic oxidation sites excluding steroid dienone is 1. The highest BCUT2D eigenvalue weighted by atomic mass is 19.3. The summed E-state index contributed by atoms with van der Waals surface area (Å²) in [5, 5.41) is 9.65. The summed E-state index contributed by atoms with van der Waals surface area (Å²) in [6.45, 7) is 5.47. The summed E-state index contributed by atoms with van der Waals surface area (Å²) in [5.74, 6) is 5.00. The Morgan fingerprint density at radius 2 is 1.80 bits per heavy atom. The topological polar surface area (TPSA) is 210 Å². The second kappa shape index (κ2) is 17.4. The van der Waals surface area contributed by atoms with Crippen molar-refractivity contribution >= 4 is 57.6 Å². The predicted molar refractivity (Wildman–Crippen MR) is 249 cm³/mol. The van der Waals surface area contributed by atoms with Crippen LogP contribution < -0.4 is 26.7 Å². The number of nitrogens with zero attached hydrogens (tertiary/aromatic N) is 9. The van der Waals surface area contributed by atoms with Crippen LogP contribution >= 0.6 is 0 Å². The Kier molecular flexibility index (Phi) is 11.2. The zero-order valence-electron chi connectivity index (χ0n) is 38.1. The van der Waals surface area contributed by atoms with Crippen molar-refractivity contribution in [3.8, 4) is 11.1 Å². The molecule has 0 bridgehead atoms. The number of carbonyl (C=O) groups is 5. The molecule has 5 aromatic rings. The Hall–Kier alpha value is -7.19. The van der Waals surface area contributed by atoms with Gasteiger partial charge in [-0.15, -0.1) is 0 Å². The minimum absolute atomic E-state index is 0.0134. The van der Waals surface area contributed by atoms with Gasteiger partial charge in [0.15, 0.2) is 5.82 Å².